The number of rotatable bonds is 4. The first kappa shape index (κ1) is 17.2. The van der Waals surface area contributed by atoms with Gasteiger partial charge in [-0.3, -0.25) is 0 Å². The molecule has 0 N–H and O–H groups in total. The molecule has 132 valence electrons. The van der Waals surface area contributed by atoms with Crippen molar-refractivity contribution in [1.82, 2.24) is 0 Å². The zero-order chi connectivity index (χ0) is 18.8. The molecule has 7 heteroatoms. The topological polar surface area (TPSA) is 75.6 Å². The van der Waals surface area contributed by atoms with E-state index in [4.69, 9.17) is 36.5 Å². The molecule has 0 saturated heterocycles. The second kappa shape index (κ2) is 7.20. The molecule has 4 rings (SSSR count). The van der Waals surface area contributed by atoms with Gasteiger partial charge in [0, 0.05) is 16.8 Å². The van der Waals surface area contributed by atoms with Crippen molar-refractivity contribution in [3.63, 3.8) is 0 Å². The molecule has 3 aromatic heterocycles. The van der Waals surface area contributed by atoms with E-state index in [2.05, 4.69) is 11.1 Å². The minimum atomic E-state index is 0.126. The Hall–Kier alpha value is -3.20. The molecule has 1 aromatic carbocycles. The monoisotopic (exact) mass is 396 g/mol. The van der Waals surface area contributed by atoms with E-state index in [1.54, 1.807) is 42.5 Å². The fourth-order valence-corrected chi connectivity index (χ4v) is 3.04. The maximum absolute atomic E-state index is 9.70. The number of aliphatic imine (C=N–C) groups is 1. The van der Waals surface area contributed by atoms with E-state index in [1.807, 2.05) is 0 Å². The van der Waals surface area contributed by atoms with Crippen molar-refractivity contribution in [3.05, 3.63) is 76.2 Å². The number of halogens is 2. The molecule has 0 bridgehead atoms. The molecule has 0 radical (unpaired) electrons. The lowest BCUT2D eigenvalue weighted by atomic mass is 10.1. The van der Waals surface area contributed by atoms with Crippen LogP contribution in [-0.4, -0.2) is 6.21 Å². The van der Waals surface area contributed by atoms with E-state index >= 15 is 0 Å². The summed E-state index contributed by atoms with van der Waals surface area (Å²) in [5.41, 5.74) is 1.35. The van der Waals surface area contributed by atoms with E-state index in [-0.39, 0.29) is 11.4 Å². The minimum absolute atomic E-state index is 0.126. The quantitative estimate of drug-likeness (QED) is 0.358. The summed E-state index contributed by atoms with van der Waals surface area (Å²) >= 11 is 12.1. The van der Waals surface area contributed by atoms with Gasteiger partial charge in [-0.15, -0.1) is 0 Å². The summed E-state index contributed by atoms with van der Waals surface area (Å²) in [6.45, 7) is 0. The Balaban J connectivity index is 1.85. The van der Waals surface area contributed by atoms with Crippen LogP contribution in [0.3, 0.4) is 0 Å². The van der Waals surface area contributed by atoms with Crippen LogP contribution in [0, 0.1) is 11.3 Å². The van der Waals surface area contributed by atoms with Crippen LogP contribution in [0.2, 0.25) is 10.0 Å². The Labute approximate surface area is 164 Å². The van der Waals surface area contributed by atoms with E-state index in [0.717, 1.165) is 0 Å². The molecule has 27 heavy (non-hydrogen) atoms. The Morgan fingerprint density at radius 2 is 1.74 bits per heavy atom. The molecule has 0 unspecified atom stereocenters. The van der Waals surface area contributed by atoms with E-state index in [1.165, 1.54) is 18.7 Å². The fraction of sp³-hybridized carbons (Fsp3) is 0. The third-order valence-corrected chi connectivity index (χ3v) is 4.36. The van der Waals surface area contributed by atoms with Crippen molar-refractivity contribution in [2.24, 2.45) is 4.99 Å². The highest BCUT2D eigenvalue weighted by atomic mass is 35.5. The Morgan fingerprint density at radius 1 is 1.00 bits per heavy atom. The summed E-state index contributed by atoms with van der Waals surface area (Å²) in [5, 5.41) is 10.7. The van der Waals surface area contributed by atoms with E-state index in [0.29, 0.717) is 38.5 Å². The average Bonchev–Trinajstić information content (AvgIpc) is 3.40. The first-order chi connectivity index (χ1) is 13.2. The van der Waals surface area contributed by atoms with Crippen LogP contribution in [0.15, 0.2) is 73.2 Å². The molecule has 0 amide bonds. The van der Waals surface area contributed by atoms with Crippen molar-refractivity contribution < 1.29 is 13.3 Å². The molecule has 0 spiro atoms. The summed E-state index contributed by atoms with van der Waals surface area (Å²) in [4.78, 5) is 4.31. The molecule has 5 nitrogen and oxygen atoms in total. The van der Waals surface area contributed by atoms with Gasteiger partial charge >= 0.3 is 0 Å². The van der Waals surface area contributed by atoms with Crippen molar-refractivity contribution in [2.45, 2.75) is 0 Å². The number of hydrogen-bond donors (Lipinski definition) is 0. The van der Waals surface area contributed by atoms with E-state index in [9.17, 15) is 5.26 Å². The lowest BCUT2D eigenvalue weighted by Gasteiger charge is -1.97. The van der Waals surface area contributed by atoms with Gasteiger partial charge in [-0.1, -0.05) is 29.3 Å². The van der Waals surface area contributed by atoms with Crippen LogP contribution in [0.25, 0.3) is 22.8 Å². The first-order valence-corrected chi connectivity index (χ1v) is 8.56. The number of nitriles is 1. The van der Waals surface area contributed by atoms with Crippen LogP contribution < -0.4 is 0 Å². The lowest BCUT2D eigenvalue weighted by Crippen LogP contribution is -1.83. The Bertz CT molecular complexity index is 1150. The highest BCUT2D eigenvalue weighted by Crippen LogP contribution is 2.42. The van der Waals surface area contributed by atoms with Gasteiger partial charge < -0.3 is 13.3 Å². The van der Waals surface area contributed by atoms with Gasteiger partial charge in [-0.2, -0.15) is 5.26 Å². The van der Waals surface area contributed by atoms with Crippen molar-refractivity contribution >= 4 is 35.3 Å². The molecule has 0 aliphatic carbocycles. The smallest absolute Gasteiger partial charge is 0.238 e. The van der Waals surface area contributed by atoms with Gasteiger partial charge in [0.1, 0.15) is 17.4 Å². The number of hydrogen-bond acceptors (Lipinski definition) is 5. The van der Waals surface area contributed by atoms with Crippen LogP contribution in [-0.2, 0) is 0 Å². The predicted molar refractivity (Wildman–Crippen MR) is 103 cm³/mol. The number of benzene rings is 1. The molecule has 0 aliphatic heterocycles. The zero-order valence-electron chi connectivity index (χ0n) is 13.6. The summed E-state index contributed by atoms with van der Waals surface area (Å²) in [6, 6.07) is 14.1. The third-order valence-electron chi connectivity index (χ3n) is 3.80. The molecular weight excluding hydrogens is 387 g/mol. The lowest BCUT2D eigenvalue weighted by molar-refractivity contribution is 0.527. The molecule has 0 aliphatic rings. The standard InChI is InChI=1S/C20H10Cl2N2O3/c21-13-6-5-12(15(22)9-13)11-24-20-14(10-23)18(16-3-1-7-25-16)19(27-20)17-4-2-8-26-17/h1-9,11H. The van der Waals surface area contributed by atoms with Gasteiger partial charge in [0.05, 0.1) is 23.1 Å². The summed E-state index contributed by atoms with van der Waals surface area (Å²) in [7, 11) is 0. The Morgan fingerprint density at radius 3 is 2.37 bits per heavy atom. The van der Waals surface area contributed by atoms with Crippen molar-refractivity contribution in [3.8, 4) is 28.9 Å². The van der Waals surface area contributed by atoms with Crippen LogP contribution in [0.1, 0.15) is 11.1 Å². The normalized spacial score (nSPS) is 11.1. The third kappa shape index (κ3) is 3.28. The summed E-state index contributed by atoms with van der Waals surface area (Å²) in [6.07, 6.45) is 4.55. The minimum Gasteiger partial charge on any atom is -0.464 e. The van der Waals surface area contributed by atoms with Crippen molar-refractivity contribution in [1.29, 1.82) is 5.26 Å². The average molecular weight is 397 g/mol. The highest BCUT2D eigenvalue weighted by molar-refractivity contribution is 6.36. The maximum Gasteiger partial charge on any atom is 0.238 e. The van der Waals surface area contributed by atoms with Crippen LogP contribution >= 0.6 is 23.2 Å². The van der Waals surface area contributed by atoms with Crippen LogP contribution in [0.5, 0.6) is 0 Å². The predicted octanol–water partition coefficient (Wildman–Crippen LogP) is 6.73. The highest BCUT2D eigenvalue weighted by Gasteiger charge is 2.26. The molecule has 3 heterocycles. The van der Waals surface area contributed by atoms with Crippen molar-refractivity contribution in [2.75, 3.05) is 0 Å². The Kier molecular flexibility index (Phi) is 4.59. The van der Waals surface area contributed by atoms with E-state index < -0.39 is 0 Å². The molecular formula is C20H10Cl2N2O3. The number of nitrogens with zero attached hydrogens (tertiary/aromatic N) is 2. The largest absolute Gasteiger partial charge is 0.464 e. The van der Waals surface area contributed by atoms with Gasteiger partial charge in [-0.05, 0) is 36.4 Å². The molecule has 0 saturated carbocycles. The SMILES string of the molecule is N#Cc1c(N=Cc2ccc(Cl)cc2Cl)oc(-c2ccco2)c1-c1ccco1. The fourth-order valence-electron chi connectivity index (χ4n) is 2.59. The molecule has 4 aromatic rings. The van der Waals surface area contributed by atoms with Crippen LogP contribution in [0.4, 0.5) is 5.88 Å². The number of furan rings is 3. The van der Waals surface area contributed by atoms with Gasteiger partial charge in [-0.25, -0.2) is 4.99 Å². The second-order valence-corrected chi connectivity index (χ2v) is 6.32. The maximum atomic E-state index is 9.70. The zero-order valence-corrected chi connectivity index (χ0v) is 15.2. The van der Waals surface area contributed by atoms with Gasteiger partial charge in [0.15, 0.2) is 11.5 Å². The first-order valence-electron chi connectivity index (χ1n) is 7.81. The van der Waals surface area contributed by atoms with Gasteiger partial charge in [0.25, 0.3) is 0 Å². The van der Waals surface area contributed by atoms with Gasteiger partial charge in [0.2, 0.25) is 5.88 Å². The molecule has 0 atom stereocenters. The second-order valence-electron chi connectivity index (χ2n) is 5.48. The molecule has 0 fully saturated rings. The summed E-state index contributed by atoms with van der Waals surface area (Å²) in [5.74, 6) is 1.43. The summed E-state index contributed by atoms with van der Waals surface area (Å²) < 4.78 is 16.7.